The predicted octanol–water partition coefficient (Wildman–Crippen LogP) is 3.02. The molecule has 1 saturated heterocycles. The van der Waals surface area contributed by atoms with Crippen molar-refractivity contribution in [1.29, 1.82) is 0 Å². The van der Waals surface area contributed by atoms with E-state index >= 15 is 0 Å². The quantitative estimate of drug-likeness (QED) is 0.924. The highest BCUT2D eigenvalue weighted by atomic mass is 32.1. The molecule has 4 heteroatoms. The maximum atomic E-state index is 10.7. The number of piperidine rings is 1. The summed E-state index contributed by atoms with van der Waals surface area (Å²) in [5, 5.41) is 14.0. The summed E-state index contributed by atoms with van der Waals surface area (Å²) in [6.45, 7) is 3.09. The van der Waals surface area contributed by atoms with E-state index in [1.165, 1.54) is 37.1 Å². The number of aliphatic hydroxyl groups is 1. The van der Waals surface area contributed by atoms with E-state index in [1.54, 1.807) is 11.3 Å². The average Bonchev–Trinajstić information content (AvgIpc) is 2.93. The van der Waals surface area contributed by atoms with Crippen molar-refractivity contribution in [3.05, 3.63) is 16.6 Å². The number of rotatable bonds is 3. The third-order valence-corrected chi connectivity index (χ3v) is 5.55. The summed E-state index contributed by atoms with van der Waals surface area (Å²) < 4.78 is 0. The van der Waals surface area contributed by atoms with Gasteiger partial charge in [0.25, 0.3) is 0 Å². The van der Waals surface area contributed by atoms with E-state index in [-0.39, 0.29) is 0 Å². The molecule has 2 aliphatic rings. The van der Waals surface area contributed by atoms with Crippen molar-refractivity contribution in [2.24, 2.45) is 0 Å². The van der Waals surface area contributed by atoms with Crippen molar-refractivity contribution in [2.75, 3.05) is 19.6 Å². The minimum absolute atomic E-state index is 0.414. The van der Waals surface area contributed by atoms with Crippen LogP contribution < -0.4 is 0 Å². The standard InChI is InChI=1S/C15H24N2OS/c18-15(6-2-1-3-7-15)12-17-9-4-5-13(11-17)14-16-8-10-19-14/h8,10,13,18H,1-7,9,11-12H2/t13-/m1/s1. The van der Waals surface area contributed by atoms with Gasteiger partial charge in [-0.1, -0.05) is 19.3 Å². The molecule has 0 unspecified atom stereocenters. The molecular formula is C15H24N2OS. The van der Waals surface area contributed by atoms with Crippen molar-refractivity contribution in [3.8, 4) is 0 Å². The molecule has 0 radical (unpaired) electrons. The summed E-state index contributed by atoms with van der Waals surface area (Å²) in [4.78, 5) is 6.94. The molecule has 1 aliphatic heterocycles. The van der Waals surface area contributed by atoms with Crippen LogP contribution in [0.5, 0.6) is 0 Å². The first-order valence-corrected chi connectivity index (χ1v) is 8.47. The molecular weight excluding hydrogens is 256 g/mol. The van der Waals surface area contributed by atoms with Gasteiger partial charge in [-0.3, -0.25) is 4.90 Å². The zero-order valence-electron chi connectivity index (χ0n) is 11.6. The van der Waals surface area contributed by atoms with Crippen molar-refractivity contribution in [3.63, 3.8) is 0 Å². The average molecular weight is 280 g/mol. The minimum Gasteiger partial charge on any atom is -0.389 e. The van der Waals surface area contributed by atoms with Crippen molar-refractivity contribution >= 4 is 11.3 Å². The van der Waals surface area contributed by atoms with Gasteiger partial charge in [0.15, 0.2) is 0 Å². The molecule has 0 amide bonds. The van der Waals surface area contributed by atoms with Gasteiger partial charge < -0.3 is 5.11 Å². The Balaban J connectivity index is 1.59. The molecule has 3 nitrogen and oxygen atoms in total. The first-order chi connectivity index (χ1) is 9.25. The summed E-state index contributed by atoms with van der Waals surface area (Å²) in [6.07, 6.45) is 10.1. The number of hydrogen-bond donors (Lipinski definition) is 1. The normalized spacial score (nSPS) is 28.4. The van der Waals surface area contributed by atoms with Gasteiger partial charge in [0, 0.05) is 30.6 Å². The Morgan fingerprint density at radius 3 is 2.89 bits per heavy atom. The maximum absolute atomic E-state index is 10.7. The predicted molar refractivity (Wildman–Crippen MR) is 78.6 cm³/mol. The maximum Gasteiger partial charge on any atom is 0.0968 e. The van der Waals surface area contributed by atoms with Crippen LogP contribution in [-0.4, -0.2) is 40.2 Å². The van der Waals surface area contributed by atoms with Crippen molar-refractivity contribution < 1.29 is 5.11 Å². The first-order valence-electron chi connectivity index (χ1n) is 7.59. The highest BCUT2D eigenvalue weighted by molar-refractivity contribution is 7.09. The van der Waals surface area contributed by atoms with Gasteiger partial charge in [-0.15, -0.1) is 11.3 Å². The smallest absolute Gasteiger partial charge is 0.0968 e. The molecule has 0 bridgehead atoms. The Morgan fingerprint density at radius 1 is 1.32 bits per heavy atom. The van der Waals surface area contributed by atoms with Gasteiger partial charge in [-0.25, -0.2) is 4.98 Å². The topological polar surface area (TPSA) is 36.4 Å². The Kier molecular flexibility index (Phi) is 4.20. The lowest BCUT2D eigenvalue weighted by molar-refractivity contribution is -0.0313. The first kappa shape index (κ1) is 13.5. The number of β-amino-alcohol motifs (C(OH)–C–C–N with tert-alkyl or cyclic N) is 1. The Bertz CT molecular complexity index is 387. The van der Waals surface area contributed by atoms with Gasteiger partial charge in [0.2, 0.25) is 0 Å². The highest BCUT2D eigenvalue weighted by Gasteiger charge is 2.33. The summed E-state index contributed by atoms with van der Waals surface area (Å²) in [7, 11) is 0. The molecule has 3 rings (SSSR count). The Labute approximate surface area is 119 Å². The molecule has 2 fully saturated rings. The third-order valence-electron chi connectivity index (χ3n) is 4.61. The molecule has 1 aliphatic carbocycles. The van der Waals surface area contributed by atoms with E-state index in [1.807, 2.05) is 6.20 Å². The number of nitrogens with zero attached hydrogens (tertiary/aromatic N) is 2. The molecule has 1 N–H and O–H groups in total. The van der Waals surface area contributed by atoms with Gasteiger partial charge in [-0.05, 0) is 32.2 Å². The highest BCUT2D eigenvalue weighted by Crippen LogP contribution is 2.32. The van der Waals surface area contributed by atoms with Crippen LogP contribution in [0, 0.1) is 0 Å². The summed E-state index contributed by atoms with van der Waals surface area (Å²) in [5.74, 6) is 0.584. The molecule has 1 saturated carbocycles. The molecule has 106 valence electrons. The second-order valence-electron chi connectivity index (χ2n) is 6.23. The zero-order chi connectivity index (χ0) is 13.1. The molecule has 0 spiro atoms. The van der Waals surface area contributed by atoms with Crippen molar-refractivity contribution in [1.82, 2.24) is 9.88 Å². The van der Waals surface area contributed by atoms with Gasteiger partial charge in [0.05, 0.1) is 10.6 Å². The van der Waals surface area contributed by atoms with Crippen LogP contribution >= 0.6 is 11.3 Å². The molecule has 1 atom stereocenters. The zero-order valence-corrected chi connectivity index (χ0v) is 12.4. The number of likely N-dealkylation sites (tertiary alicyclic amines) is 1. The Morgan fingerprint density at radius 2 is 2.16 bits per heavy atom. The van der Waals surface area contributed by atoms with Crippen LogP contribution in [0.25, 0.3) is 0 Å². The Hall–Kier alpha value is -0.450. The van der Waals surface area contributed by atoms with E-state index in [2.05, 4.69) is 15.3 Å². The van der Waals surface area contributed by atoms with E-state index in [4.69, 9.17) is 0 Å². The van der Waals surface area contributed by atoms with Crippen molar-refractivity contribution in [2.45, 2.75) is 56.5 Å². The largest absolute Gasteiger partial charge is 0.389 e. The van der Waals surface area contributed by atoms with Gasteiger partial charge in [0.1, 0.15) is 0 Å². The molecule has 0 aromatic carbocycles. The number of hydrogen-bond acceptors (Lipinski definition) is 4. The third kappa shape index (κ3) is 3.36. The number of thiazole rings is 1. The van der Waals surface area contributed by atoms with E-state index in [9.17, 15) is 5.11 Å². The van der Waals surface area contributed by atoms with Crippen LogP contribution in [-0.2, 0) is 0 Å². The second-order valence-corrected chi connectivity index (χ2v) is 7.16. The van der Waals surface area contributed by atoms with Crippen LogP contribution in [0.2, 0.25) is 0 Å². The molecule has 1 aromatic rings. The SMILES string of the molecule is OC1(CN2CCC[C@@H](c3nccs3)C2)CCCCC1. The van der Waals surface area contributed by atoms with Crippen LogP contribution in [0.1, 0.15) is 55.9 Å². The fraction of sp³-hybridized carbons (Fsp3) is 0.800. The lowest BCUT2D eigenvalue weighted by Gasteiger charge is -2.40. The lowest BCUT2D eigenvalue weighted by Crippen LogP contribution is -2.47. The lowest BCUT2D eigenvalue weighted by atomic mass is 9.84. The second kappa shape index (κ2) is 5.90. The monoisotopic (exact) mass is 280 g/mol. The van der Waals surface area contributed by atoms with E-state index < -0.39 is 5.60 Å². The van der Waals surface area contributed by atoms with Crippen LogP contribution in [0.15, 0.2) is 11.6 Å². The fourth-order valence-corrected chi connectivity index (χ4v) is 4.39. The van der Waals surface area contributed by atoms with Gasteiger partial charge in [-0.2, -0.15) is 0 Å². The van der Waals surface area contributed by atoms with Gasteiger partial charge >= 0.3 is 0 Å². The summed E-state index contributed by atoms with van der Waals surface area (Å²) in [5.41, 5.74) is -0.414. The van der Waals surface area contributed by atoms with Crippen LogP contribution in [0.3, 0.4) is 0 Å². The number of aromatic nitrogens is 1. The summed E-state index contributed by atoms with van der Waals surface area (Å²) >= 11 is 1.78. The van der Waals surface area contributed by atoms with Crippen LogP contribution in [0.4, 0.5) is 0 Å². The molecule has 19 heavy (non-hydrogen) atoms. The molecule has 1 aromatic heterocycles. The van der Waals surface area contributed by atoms with E-state index in [0.29, 0.717) is 5.92 Å². The summed E-state index contributed by atoms with van der Waals surface area (Å²) in [6, 6.07) is 0. The fourth-order valence-electron chi connectivity index (χ4n) is 3.62. The molecule has 2 heterocycles. The minimum atomic E-state index is -0.414. The van der Waals surface area contributed by atoms with E-state index in [0.717, 1.165) is 32.5 Å².